The molecule has 1 aromatic heterocycles. The first-order valence-electron chi connectivity index (χ1n) is 13.2. The molecule has 1 fully saturated rings. The third-order valence-electron chi connectivity index (χ3n) is 7.30. The average Bonchev–Trinajstić information content (AvgIpc) is 2.94. The number of pyridine rings is 1. The summed E-state index contributed by atoms with van der Waals surface area (Å²) < 4.78 is 6.18. The van der Waals surface area contributed by atoms with Gasteiger partial charge in [-0.3, -0.25) is 9.78 Å². The number of ether oxygens (including phenoxy) is 1. The number of carbonyl (C=O) groups excluding carboxylic acids is 1. The fourth-order valence-electron chi connectivity index (χ4n) is 5.39. The van der Waals surface area contributed by atoms with Crippen molar-refractivity contribution in [3.8, 4) is 5.75 Å². The van der Waals surface area contributed by atoms with Crippen LogP contribution in [0.5, 0.6) is 5.75 Å². The minimum absolute atomic E-state index is 0.142. The number of nitrogens with zero attached hydrogens (tertiary/aromatic N) is 2. The summed E-state index contributed by atoms with van der Waals surface area (Å²) in [7, 11) is 0. The molecule has 0 bridgehead atoms. The number of piperidine rings is 1. The molecule has 6 heteroatoms. The van der Waals surface area contributed by atoms with Gasteiger partial charge in [-0.2, -0.15) is 0 Å². The van der Waals surface area contributed by atoms with E-state index >= 15 is 0 Å². The lowest BCUT2D eigenvalue weighted by atomic mass is 9.99. The molecule has 6 nitrogen and oxygen atoms in total. The first-order chi connectivity index (χ1) is 18.2. The molecular weight excluding hydrogens is 460 g/mol. The normalized spacial score (nSPS) is 15.8. The average molecular weight is 493 g/mol. The third-order valence-corrected chi connectivity index (χ3v) is 7.30. The summed E-state index contributed by atoms with van der Waals surface area (Å²) >= 11 is 0. The number of benzene rings is 3. The van der Waals surface area contributed by atoms with Crippen molar-refractivity contribution in [1.29, 1.82) is 0 Å². The molecule has 1 amide bonds. The highest BCUT2D eigenvalue weighted by Gasteiger charge is 2.22. The van der Waals surface area contributed by atoms with Crippen molar-refractivity contribution in [1.82, 2.24) is 10.3 Å². The zero-order chi connectivity index (χ0) is 25.0. The van der Waals surface area contributed by atoms with Crippen LogP contribution < -0.4 is 20.3 Å². The topological polar surface area (TPSA) is 66.5 Å². The van der Waals surface area contributed by atoms with E-state index in [-0.39, 0.29) is 5.91 Å². The van der Waals surface area contributed by atoms with Crippen molar-refractivity contribution in [2.24, 2.45) is 0 Å². The van der Waals surface area contributed by atoms with Gasteiger partial charge in [-0.25, -0.2) is 0 Å². The highest BCUT2D eigenvalue weighted by atomic mass is 16.5. The van der Waals surface area contributed by atoms with Crippen molar-refractivity contribution in [3.05, 3.63) is 95.7 Å². The molecule has 0 saturated carbocycles. The van der Waals surface area contributed by atoms with Gasteiger partial charge in [-0.1, -0.05) is 42.5 Å². The van der Waals surface area contributed by atoms with Gasteiger partial charge >= 0.3 is 0 Å². The number of nitrogens with one attached hydrogen (secondary N) is 2. The summed E-state index contributed by atoms with van der Waals surface area (Å²) in [4.78, 5) is 20.1. The van der Waals surface area contributed by atoms with E-state index in [1.165, 1.54) is 11.1 Å². The Morgan fingerprint density at radius 3 is 2.73 bits per heavy atom. The molecule has 2 aliphatic heterocycles. The standard InChI is InChI=1S/C31H32N4O2/c36-31(25-19-24-5-1-2-8-28(24)33-20-25)34-29-9-3-6-23-7-4-18-35(30(23)29)21-22-10-12-26(13-11-22)37-27-14-16-32-17-15-27/h1-3,5-6,8-13,19-20,27,32H,4,7,14-18,21H2,(H,34,36). The Kier molecular flexibility index (Phi) is 6.74. The highest BCUT2D eigenvalue weighted by molar-refractivity contribution is 6.07. The molecule has 3 aromatic carbocycles. The molecular formula is C31H32N4O2. The van der Waals surface area contributed by atoms with Gasteiger partial charge in [0.05, 0.1) is 22.5 Å². The second-order valence-electron chi connectivity index (χ2n) is 9.92. The van der Waals surface area contributed by atoms with E-state index in [1.54, 1.807) is 6.20 Å². The molecule has 0 spiro atoms. The van der Waals surface area contributed by atoms with Crippen molar-refractivity contribution in [3.63, 3.8) is 0 Å². The molecule has 0 atom stereocenters. The summed E-state index contributed by atoms with van der Waals surface area (Å²) in [6.45, 7) is 3.77. The van der Waals surface area contributed by atoms with E-state index in [9.17, 15) is 4.79 Å². The van der Waals surface area contributed by atoms with Crippen LogP contribution in [0.3, 0.4) is 0 Å². The quantitative estimate of drug-likeness (QED) is 0.368. The maximum atomic E-state index is 13.2. The van der Waals surface area contributed by atoms with Gasteiger partial charge in [-0.15, -0.1) is 0 Å². The molecule has 6 rings (SSSR count). The summed E-state index contributed by atoms with van der Waals surface area (Å²) in [6, 6.07) is 24.4. The maximum Gasteiger partial charge on any atom is 0.257 e. The van der Waals surface area contributed by atoms with Gasteiger partial charge in [0.25, 0.3) is 5.91 Å². The number of hydrogen-bond donors (Lipinski definition) is 2. The van der Waals surface area contributed by atoms with E-state index in [4.69, 9.17) is 4.74 Å². The van der Waals surface area contributed by atoms with Gasteiger partial charge in [-0.05, 0) is 80.2 Å². The summed E-state index contributed by atoms with van der Waals surface area (Å²) in [5.41, 5.74) is 5.90. The van der Waals surface area contributed by atoms with Crippen LogP contribution in [0.1, 0.15) is 40.7 Å². The number of amides is 1. The first kappa shape index (κ1) is 23.5. The fraction of sp³-hybridized carbons (Fsp3) is 0.290. The van der Waals surface area contributed by atoms with Crippen LogP contribution in [0, 0.1) is 0 Å². The van der Waals surface area contributed by atoms with Crippen LogP contribution in [0.2, 0.25) is 0 Å². The van der Waals surface area contributed by atoms with E-state index in [0.717, 1.165) is 79.9 Å². The second kappa shape index (κ2) is 10.6. The Morgan fingerprint density at radius 2 is 1.86 bits per heavy atom. The lowest BCUT2D eigenvalue weighted by Crippen LogP contribution is -2.34. The molecule has 0 aliphatic carbocycles. The van der Waals surface area contributed by atoms with Gasteiger partial charge in [0, 0.05) is 24.7 Å². The van der Waals surface area contributed by atoms with Crippen LogP contribution >= 0.6 is 0 Å². The van der Waals surface area contributed by atoms with Gasteiger partial charge < -0.3 is 20.3 Å². The zero-order valence-electron chi connectivity index (χ0n) is 21.0. The largest absolute Gasteiger partial charge is 0.490 e. The minimum atomic E-state index is -0.142. The van der Waals surface area contributed by atoms with Crippen molar-refractivity contribution < 1.29 is 9.53 Å². The smallest absolute Gasteiger partial charge is 0.257 e. The van der Waals surface area contributed by atoms with Crippen LogP contribution in [-0.2, 0) is 13.0 Å². The molecule has 2 N–H and O–H groups in total. The molecule has 0 unspecified atom stereocenters. The van der Waals surface area contributed by atoms with Gasteiger partial charge in [0.15, 0.2) is 0 Å². The Labute approximate surface area is 217 Å². The fourth-order valence-corrected chi connectivity index (χ4v) is 5.39. The highest BCUT2D eigenvalue weighted by Crippen LogP contribution is 2.36. The first-order valence-corrected chi connectivity index (χ1v) is 13.2. The lowest BCUT2D eigenvalue weighted by Gasteiger charge is -2.33. The molecule has 37 heavy (non-hydrogen) atoms. The zero-order valence-corrected chi connectivity index (χ0v) is 21.0. The van der Waals surface area contributed by atoms with E-state index in [0.29, 0.717) is 11.7 Å². The van der Waals surface area contributed by atoms with E-state index in [1.807, 2.05) is 42.5 Å². The molecule has 3 heterocycles. The number of anilines is 2. The van der Waals surface area contributed by atoms with Crippen LogP contribution in [-0.4, -0.2) is 36.6 Å². The monoisotopic (exact) mass is 492 g/mol. The number of hydrogen-bond acceptors (Lipinski definition) is 5. The number of fused-ring (bicyclic) bond motifs is 2. The molecule has 188 valence electrons. The Balaban J connectivity index is 1.19. The number of aryl methyl sites for hydroxylation is 1. The Hall–Kier alpha value is -3.90. The van der Waals surface area contributed by atoms with E-state index in [2.05, 4.69) is 50.8 Å². The lowest BCUT2D eigenvalue weighted by molar-refractivity contribution is 0.102. The summed E-state index contributed by atoms with van der Waals surface area (Å²) in [5, 5.41) is 7.51. The molecule has 1 saturated heterocycles. The number of carbonyl (C=O) groups is 1. The van der Waals surface area contributed by atoms with Crippen LogP contribution in [0.25, 0.3) is 10.9 Å². The van der Waals surface area contributed by atoms with E-state index < -0.39 is 0 Å². The van der Waals surface area contributed by atoms with Crippen molar-refractivity contribution >= 4 is 28.2 Å². The molecule has 0 radical (unpaired) electrons. The molecule has 4 aromatic rings. The number of aromatic nitrogens is 1. The molecule has 2 aliphatic rings. The Bertz CT molecular complexity index is 1400. The second-order valence-corrected chi connectivity index (χ2v) is 9.92. The predicted molar refractivity (Wildman–Crippen MR) is 148 cm³/mol. The van der Waals surface area contributed by atoms with Crippen molar-refractivity contribution in [2.45, 2.75) is 38.3 Å². The SMILES string of the molecule is O=C(Nc1cccc2c1N(Cc1ccc(OC3CCNCC3)cc1)CCC2)c1cnc2ccccc2c1. The summed E-state index contributed by atoms with van der Waals surface area (Å²) in [6.07, 6.45) is 6.15. The predicted octanol–water partition coefficient (Wildman–Crippen LogP) is 5.57. The van der Waals surface area contributed by atoms with Gasteiger partial charge in [0.2, 0.25) is 0 Å². The maximum absolute atomic E-state index is 13.2. The summed E-state index contributed by atoms with van der Waals surface area (Å²) in [5.74, 6) is 0.795. The van der Waals surface area contributed by atoms with Gasteiger partial charge in [0.1, 0.15) is 11.9 Å². The minimum Gasteiger partial charge on any atom is -0.490 e. The van der Waals surface area contributed by atoms with Crippen LogP contribution in [0.4, 0.5) is 11.4 Å². The number of rotatable bonds is 6. The Morgan fingerprint density at radius 1 is 1.03 bits per heavy atom. The van der Waals surface area contributed by atoms with Crippen molar-refractivity contribution in [2.75, 3.05) is 29.9 Å². The van der Waals surface area contributed by atoms with Crippen LogP contribution in [0.15, 0.2) is 79.0 Å². The number of para-hydroxylation sites is 2. The third kappa shape index (κ3) is 5.30.